The zero-order chi connectivity index (χ0) is 14.4. The molecule has 1 aliphatic rings. The zero-order valence-corrected chi connectivity index (χ0v) is 13.5. The van der Waals surface area contributed by atoms with Crippen LogP contribution in [0, 0.1) is 12.8 Å². The maximum atomic E-state index is 4.59. The first-order chi connectivity index (χ1) is 9.72. The molecule has 1 saturated carbocycles. The summed E-state index contributed by atoms with van der Waals surface area (Å²) in [5.74, 6) is 0.827. The number of nitrogens with zero attached hydrogens (tertiary/aromatic N) is 2. The lowest BCUT2D eigenvalue weighted by molar-refractivity contribution is 0.377. The number of aryl methyl sites for hydroxylation is 2. The third-order valence-electron chi connectivity index (χ3n) is 4.50. The molecule has 2 atom stereocenters. The molecule has 3 nitrogen and oxygen atoms in total. The summed E-state index contributed by atoms with van der Waals surface area (Å²) >= 11 is 0. The fourth-order valence-corrected chi connectivity index (χ4v) is 3.51. The van der Waals surface area contributed by atoms with E-state index in [4.69, 9.17) is 0 Å². The third-order valence-corrected chi connectivity index (χ3v) is 4.50. The fourth-order valence-electron chi connectivity index (χ4n) is 3.51. The van der Waals surface area contributed by atoms with Gasteiger partial charge in [-0.2, -0.15) is 5.10 Å². The molecule has 1 aliphatic carbocycles. The van der Waals surface area contributed by atoms with Crippen molar-refractivity contribution in [3.8, 4) is 0 Å². The fraction of sp³-hybridized carbons (Fsp3) is 0.824. The normalized spacial score (nSPS) is 23.8. The molecular weight excluding hydrogens is 246 g/mol. The lowest BCUT2D eigenvalue weighted by Crippen LogP contribution is -2.31. The quantitative estimate of drug-likeness (QED) is 0.803. The van der Waals surface area contributed by atoms with E-state index in [-0.39, 0.29) is 0 Å². The second-order valence-electron chi connectivity index (χ2n) is 6.33. The van der Waals surface area contributed by atoms with E-state index in [0.29, 0.717) is 0 Å². The van der Waals surface area contributed by atoms with Crippen LogP contribution in [0.4, 0.5) is 0 Å². The second kappa shape index (κ2) is 7.82. The topological polar surface area (TPSA) is 29.9 Å². The van der Waals surface area contributed by atoms with Crippen molar-refractivity contribution >= 4 is 0 Å². The molecular formula is C17H31N3. The van der Waals surface area contributed by atoms with Crippen LogP contribution in [-0.2, 0) is 13.0 Å². The Morgan fingerprint density at radius 1 is 1.30 bits per heavy atom. The Balaban J connectivity index is 1.95. The highest BCUT2D eigenvalue weighted by Crippen LogP contribution is 2.26. The lowest BCUT2D eigenvalue weighted by atomic mass is 9.93. The Bertz CT molecular complexity index is 397. The summed E-state index contributed by atoms with van der Waals surface area (Å²) in [6, 6.07) is 3.02. The molecule has 3 heteroatoms. The van der Waals surface area contributed by atoms with Crippen LogP contribution in [0.2, 0.25) is 0 Å². The van der Waals surface area contributed by atoms with Crippen molar-refractivity contribution in [2.75, 3.05) is 6.54 Å². The van der Waals surface area contributed by atoms with Crippen LogP contribution < -0.4 is 5.32 Å². The van der Waals surface area contributed by atoms with Gasteiger partial charge in [-0.15, -0.1) is 0 Å². The highest BCUT2D eigenvalue weighted by molar-refractivity contribution is 5.10. The average molecular weight is 277 g/mol. The highest BCUT2D eigenvalue weighted by Gasteiger charge is 2.21. The van der Waals surface area contributed by atoms with Crippen molar-refractivity contribution in [1.82, 2.24) is 15.1 Å². The minimum atomic E-state index is 0.738. The first kappa shape index (κ1) is 15.6. The zero-order valence-electron chi connectivity index (χ0n) is 13.5. The molecule has 0 aromatic carbocycles. The summed E-state index contributed by atoms with van der Waals surface area (Å²) in [6.07, 6.45) is 9.33. The second-order valence-corrected chi connectivity index (χ2v) is 6.33. The molecule has 1 heterocycles. The SMILES string of the molecule is CCCNC1CCCCC(Cc2cc(C)nn2CC)C1. The van der Waals surface area contributed by atoms with Crippen LogP contribution in [0.5, 0.6) is 0 Å². The van der Waals surface area contributed by atoms with Gasteiger partial charge in [0.1, 0.15) is 0 Å². The molecule has 1 fully saturated rings. The molecule has 2 unspecified atom stereocenters. The minimum Gasteiger partial charge on any atom is -0.314 e. The van der Waals surface area contributed by atoms with Gasteiger partial charge in [-0.1, -0.05) is 26.2 Å². The van der Waals surface area contributed by atoms with E-state index in [2.05, 4.69) is 41.9 Å². The van der Waals surface area contributed by atoms with E-state index < -0.39 is 0 Å². The molecule has 20 heavy (non-hydrogen) atoms. The van der Waals surface area contributed by atoms with Gasteiger partial charge < -0.3 is 5.32 Å². The van der Waals surface area contributed by atoms with E-state index in [9.17, 15) is 0 Å². The summed E-state index contributed by atoms with van der Waals surface area (Å²) in [7, 11) is 0. The molecule has 114 valence electrons. The summed E-state index contributed by atoms with van der Waals surface area (Å²) in [6.45, 7) is 8.71. The Morgan fingerprint density at radius 3 is 2.85 bits per heavy atom. The molecule has 0 saturated heterocycles. The Morgan fingerprint density at radius 2 is 2.10 bits per heavy atom. The van der Waals surface area contributed by atoms with Gasteiger partial charge >= 0.3 is 0 Å². The Hall–Kier alpha value is -0.830. The third kappa shape index (κ3) is 4.34. The van der Waals surface area contributed by atoms with E-state index in [1.165, 1.54) is 57.2 Å². The van der Waals surface area contributed by atoms with Crippen LogP contribution in [0.25, 0.3) is 0 Å². The highest BCUT2D eigenvalue weighted by atomic mass is 15.3. The van der Waals surface area contributed by atoms with Crippen molar-refractivity contribution in [3.05, 3.63) is 17.5 Å². The molecule has 0 bridgehead atoms. The van der Waals surface area contributed by atoms with Crippen LogP contribution in [0.15, 0.2) is 6.07 Å². The van der Waals surface area contributed by atoms with Crippen LogP contribution in [0.1, 0.15) is 63.8 Å². The largest absolute Gasteiger partial charge is 0.314 e. The first-order valence-electron chi connectivity index (χ1n) is 8.49. The first-order valence-corrected chi connectivity index (χ1v) is 8.49. The Kier molecular flexibility index (Phi) is 6.08. The maximum Gasteiger partial charge on any atom is 0.0596 e. The van der Waals surface area contributed by atoms with Crippen LogP contribution in [0.3, 0.4) is 0 Å². The number of aromatic nitrogens is 2. The maximum absolute atomic E-state index is 4.59. The van der Waals surface area contributed by atoms with Gasteiger partial charge in [-0.25, -0.2) is 0 Å². The smallest absolute Gasteiger partial charge is 0.0596 e. The molecule has 0 aliphatic heterocycles. The van der Waals surface area contributed by atoms with Crippen LogP contribution >= 0.6 is 0 Å². The molecule has 0 amide bonds. The van der Waals surface area contributed by atoms with E-state index in [0.717, 1.165) is 24.2 Å². The van der Waals surface area contributed by atoms with Crippen molar-refractivity contribution in [2.24, 2.45) is 5.92 Å². The summed E-state index contributed by atoms with van der Waals surface area (Å²) < 4.78 is 2.19. The standard InChI is InChI=1S/C17H31N3/c1-4-10-18-16-9-7-6-8-15(12-16)13-17-11-14(3)19-20(17)5-2/h11,15-16,18H,4-10,12-13H2,1-3H3. The van der Waals surface area contributed by atoms with Gasteiger partial charge in [0.25, 0.3) is 0 Å². The van der Waals surface area contributed by atoms with Gasteiger partial charge in [0.05, 0.1) is 5.69 Å². The van der Waals surface area contributed by atoms with Crippen molar-refractivity contribution < 1.29 is 0 Å². The Labute approximate surface area is 124 Å². The van der Waals surface area contributed by atoms with Gasteiger partial charge in [0, 0.05) is 18.3 Å². The predicted octanol–water partition coefficient (Wildman–Crippen LogP) is 3.70. The van der Waals surface area contributed by atoms with Gasteiger partial charge in [0.2, 0.25) is 0 Å². The summed E-state index contributed by atoms with van der Waals surface area (Å²) in [5.41, 5.74) is 2.60. The molecule has 1 aromatic rings. The molecule has 2 rings (SSSR count). The average Bonchev–Trinajstić information content (AvgIpc) is 2.65. The summed E-state index contributed by atoms with van der Waals surface area (Å²) in [4.78, 5) is 0. The van der Waals surface area contributed by atoms with Gasteiger partial charge in [0.15, 0.2) is 0 Å². The molecule has 1 aromatic heterocycles. The minimum absolute atomic E-state index is 0.738. The van der Waals surface area contributed by atoms with Crippen molar-refractivity contribution in [2.45, 2.75) is 78.3 Å². The monoisotopic (exact) mass is 277 g/mol. The van der Waals surface area contributed by atoms with Gasteiger partial charge in [-0.3, -0.25) is 4.68 Å². The van der Waals surface area contributed by atoms with E-state index in [1.54, 1.807) is 0 Å². The van der Waals surface area contributed by atoms with Crippen molar-refractivity contribution in [3.63, 3.8) is 0 Å². The van der Waals surface area contributed by atoms with E-state index in [1.807, 2.05) is 0 Å². The molecule has 0 radical (unpaired) electrons. The summed E-state index contributed by atoms with van der Waals surface area (Å²) in [5, 5.41) is 8.33. The number of hydrogen-bond acceptors (Lipinski definition) is 2. The number of nitrogens with one attached hydrogen (secondary N) is 1. The number of rotatable bonds is 6. The van der Waals surface area contributed by atoms with Gasteiger partial charge in [-0.05, 0) is 58.1 Å². The molecule has 1 N–H and O–H groups in total. The molecule has 0 spiro atoms. The predicted molar refractivity (Wildman–Crippen MR) is 85.0 cm³/mol. The van der Waals surface area contributed by atoms with Crippen molar-refractivity contribution in [1.29, 1.82) is 0 Å². The lowest BCUT2D eigenvalue weighted by Gasteiger charge is -2.21. The number of hydrogen-bond donors (Lipinski definition) is 1. The van der Waals surface area contributed by atoms with E-state index >= 15 is 0 Å². The van der Waals surface area contributed by atoms with Crippen LogP contribution in [-0.4, -0.2) is 22.4 Å².